The topological polar surface area (TPSA) is 57.6 Å². The molecule has 1 aromatic carbocycles. The van der Waals surface area contributed by atoms with Gasteiger partial charge in [-0.25, -0.2) is 9.78 Å². The summed E-state index contributed by atoms with van der Waals surface area (Å²) in [5, 5.41) is 0. The van der Waals surface area contributed by atoms with Crippen LogP contribution in [0.1, 0.15) is 37.5 Å². The molecule has 1 aliphatic carbocycles. The summed E-state index contributed by atoms with van der Waals surface area (Å²) in [6, 6.07) is 10.4. The molecule has 28 heavy (non-hydrogen) atoms. The van der Waals surface area contributed by atoms with Crippen molar-refractivity contribution in [1.82, 2.24) is 23.7 Å². The summed E-state index contributed by atoms with van der Waals surface area (Å²) in [6.45, 7) is 1.28. The van der Waals surface area contributed by atoms with Crippen LogP contribution in [0.4, 0.5) is 0 Å². The van der Waals surface area contributed by atoms with E-state index in [2.05, 4.69) is 15.6 Å². The van der Waals surface area contributed by atoms with Gasteiger partial charge in [0.15, 0.2) is 0 Å². The monoisotopic (exact) mass is 395 g/mol. The van der Waals surface area contributed by atoms with E-state index >= 15 is 0 Å². The quantitative estimate of drug-likeness (QED) is 0.351. The van der Waals surface area contributed by atoms with E-state index in [-0.39, 0.29) is 5.69 Å². The van der Waals surface area contributed by atoms with Gasteiger partial charge in [-0.3, -0.25) is 14.1 Å². The molecule has 0 bridgehead atoms. The van der Waals surface area contributed by atoms with Crippen LogP contribution in [0.2, 0.25) is 0 Å². The van der Waals surface area contributed by atoms with Gasteiger partial charge < -0.3 is 4.57 Å². The van der Waals surface area contributed by atoms with Crippen LogP contribution >= 0.6 is 11.6 Å². The third-order valence-corrected chi connectivity index (χ3v) is 5.74. The molecule has 0 radical (unpaired) electrons. The van der Waals surface area contributed by atoms with Gasteiger partial charge in [0.25, 0.3) is 0 Å². The first-order chi connectivity index (χ1) is 13.8. The highest BCUT2D eigenvalue weighted by atomic mass is 35.5. The molecule has 0 saturated heterocycles. The molecule has 6 nitrogen and oxygen atoms in total. The van der Waals surface area contributed by atoms with Crippen molar-refractivity contribution in [2.75, 3.05) is 5.88 Å². The molecule has 3 heterocycles. The van der Waals surface area contributed by atoms with Gasteiger partial charge in [-0.2, -0.15) is 0 Å². The van der Waals surface area contributed by atoms with Gasteiger partial charge in [0, 0.05) is 24.7 Å². The van der Waals surface area contributed by atoms with Crippen molar-refractivity contribution >= 4 is 33.7 Å². The van der Waals surface area contributed by atoms with Crippen LogP contribution < -0.4 is 5.69 Å². The number of para-hydroxylation sites is 2. The Morgan fingerprint density at radius 2 is 1.89 bits per heavy atom. The van der Waals surface area contributed by atoms with E-state index in [0.29, 0.717) is 18.5 Å². The average Bonchev–Trinajstić information content (AvgIpc) is 3.43. The molecule has 0 amide bonds. The molecule has 1 saturated carbocycles. The van der Waals surface area contributed by atoms with Crippen molar-refractivity contribution in [3.8, 4) is 0 Å². The number of unbranched alkanes of at least 4 members (excludes halogenated alkanes) is 1. The Hall–Kier alpha value is -2.60. The normalized spacial score (nSPS) is 14.3. The number of rotatable bonds is 7. The highest BCUT2D eigenvalue weighted by Crippen LogP contribution is 2.36. The fraction of sp³-hybridized carbons (Fsp3) is 0.381. The molecule has 0 aliphatic heterocycles. The smallest absolute Gasteiger partial charge is 0.326 e. The van der Waals surface area contributed by atoms with Crippen molar-refractivity contribution in [1.29, 1.82) is 0 Å². The van der Waals surface area contributed by atoms with E-state index < -0.39 is 0 Å². The zero-order valence-corrected chi connectivity index (χ0v) is 16.3. The zero-order chi connectivity index (χ0) is 19.1. The van der Waals surface area contributed by atoms with Crippen LogP contribution in [-0.2, 0) is 13.1 Å². The van der Waals surface area contributed by atoms with E-state index in [1.807, 2.05) is 33.4 Å². The lowest BCUT2D eigenvalue weighted by Crippen LogP contribution is -2.25. The summed E-state index contributed by atoms with van der Waals surface area (Å²) in [7, 11) is 0. The number of aryl methyl sites for hydroxylation is 1. The number of imidazole rings is 2. The summed E-state index contributed by atoms with van der Waals surface area (Å²) < 4.78 is 5.97. The van der Waals surface area contributed by atoms with Crippen LogP contribution in [0.5, 0.6) is 0 Å². The van der Waals surface area contributed by atoms with Gasteiger partial charge in [0.2, 0.25) is 0 Å². The first-order valence-electron chi connectivity index (χ1n) is 9.83. The molecule has 1 fully saturated rings. The fourth-order valence-electron chi connectivity index (χ4n) is 3.97. The molecule has 4 aromatic rings. The molecule has 0 spiro atoms. The molecule has 5 rings (SSSR count). The molecule has 0 N–H and O–H groups in total. The summed E-state index contributed by atoms with van der Waals surface area (Å²) in [4.78, 5) is 22.3. The maximum atomic E-state index is 13.2. The van der Waals surface area contributed by atoms with Crippen molar-refractivity contribution < 1.29 is 0 Å². The highest BCUT2D eigenvalue weighted by molar-refractivity contribution is 6.17. The molecule has 0 atom stereocenters. The fourth-order valence-corrected chi connectivity index (χ4v) is 4.16. The Bertz CT molecular complexity index is 1200. The number of halogens is 1. The van der Waals surface area contributed by atoms with Crippen LogP contribution in [0.25, 0.3) is 22.1 Å². The van der Waals surface area contributed by atoms with E-state index in [4.69, 9.17) is 16.6 Å². The molecule has 3 aromatic heterocycles. The lowest BCUT2D eigenvalue weighted by Gasteiger charge is -2.09. The van der Waals surface area contributed by atoms with Crippen molar-refractivity contribution in [2.24, 2.45) is 0 Å². The predicted octanol–water partition coefficient (Wildman–Crippen LogP) is 3.95. The lowest BCUT2D eigenvalue weighted by atomic mass is 10.3. The number of nitrogens with zero attached hydrogens (tertiary/aromatic N) is 5. The molecular weight excluding hydrogens is 374 g/mol. The Balaban J connectivity index is 1.62. The van der Waals surface area contributed by atoms with E-state index in [0.717, 1.165) is 60.1 Å². The molecule has 144 valence electrons. The second kappa shape index (κ2) is 7.09. The molecule has 1 aliphatic rings. The largest absolute Gasteiger partial charge is 0.329 e. The van der Waals surface area contributed by atoms with Gasteiger partial charge >= 0.3 is 5.69 Å². The minimum absolute atomic E-state index is 0.0323. The Morgan fingerprint density at radius 3 is 2.71 bits per heavy atom. The average molecular weight is 396 g/mol. The summed E-state index contributed by atoms with van der Waals surface area (Å²) >= 11 is 5.87. The number of alkyl halides is 1. The van der Waals surface area contributed by atoms with Gasteiger partial charge in [-0.1, -0.05) is 12.1 Å². The van der Waals surface area contributed by atoms with Gasteiger partial charge in [0.1, 0.15) is 5.82 Å². The maximum absolute atomic E-state index is 13.2. The van der Waals surface area contributed by atoms with Crippen molar-refractivity contribution in [3.05, 3.63) is 59.0 Å². The molecule has 0 unspecified atom stereocenters. The van der Waals surface area contributed by atoms with Crippen molar-refractivity contribution in [3.63, 3.8) is 0 Å². The van der Waals surface area contributed by atoms with Crippen LogP contribution in [0, 0.1) is 0 Å². The van der Waals surface area contributed by atoms with Crippen molar-refractivity contribution in [2.45, 2.75) is 44.8 Å². The maximum Gasteiger partial charge on any atom is 0.329 e. The number of hydrogen-bond donors (Lipinski definition) is 0. The SMILES string of the molecule is O=c1n(Cc2nc3ccccc3n2CCCCCl)c2cnccc2n1C1CC1. The number of hydrogen-bond acceptors (Lipinski definition) is 3. The van der Waals surface area contributed by atoms with Gasteiger partial charge in [-0.05, 0) is 43.9 Å². The second-order valence-corrected chi connectivity index (χ2v) is 7.78. The third kappa shape index (κ3) is 2.92. The van der Waals surface area contributed by atoms with E-state index in [9.17, 15) is 4.79 Å². The lowest BCUT2D eigenvalue weighted by molar-refractivity contribution is 0.589. The Morgan fingerprint density at radius 1 is 1.04 bits per heavy atom. The van der Waals surface area contributed by atoms with Gasteiger partial charge in [-0.15, -0.1) is 11.6 Å². The molecule has 7 heteroatoms. The number of fused-ring (bicyclic) bond motifs is 2. The number of pyridine rings is 1. The Labute approximate surface area is 167 Å². The number of aromatic nitrogens is 5. The highest BCUT2D eigenvalue weighted by Gasteiger charge is 2.29. The standard InChI is InChI=1S/C21H22ClN5O/c22-10-3-4-12-25-17-6-2-1-5-16(17)24-20(25)14-26-19-13-23-11-9-18(19)27(21(26)28)15-7-8-15/h1-2,5-6,9,11,13,15H,3-4,7-8,10,12,14H2. The number of benzene rings is 1. The second-order valence-electron chi connectivity index (χ2n) is 7.40. The first-order valence-corrected chi connectivity index (χ1v) is 10.4. The summed E-state index contributed by atoms with van der Waals surface area (Å²) in [5.41, 5.74) is 3.93. The molecular formula is C21H22ClN5O. The van der Waals surface area contributed by atoms with Crippen LogP contribution in [0.3, 0.4) is 0 Å². The Kier molecular flexibility index (Phi) is 4.43. The van der Waals surface area contributed by atoms with Crippen LogP contribution in [-0.4, -0.2) is 29.5 Å². The summed E-state index contributed by atoms with van der Waals surface area (Å²) in [6.07, 6.45) is 7.62. The van der Waals surface area contributed by atoms with Crippen LogP contribution in [0.15, 0.2) is 47.5 Å². The zero-order valence-electron chi connectivity index (χ0n) is 15.6. The minimum Gasteiger partial charge on any atom is -0.326 e. The van der Waals surface area contributed by atoms with E-state index in [1.165, 1.54) is 0 Å². The third-order valence-electron chi connectivity index (χ3n) is 5.48. The summed E-state index contributed by atoms with van der Waals surface area (Å²) in [5.74, 6) is 1.55. The minimum atomic E-state index is 0.0323. The van der Waals surface area contributed by atoms with E-state index in [1.54, 1.807) is 12.4 Å². The van der Waals surface area contributed by atoms with Gasteiger partial charge in [0.05, 0.1) is 34.8 Å². The first kappa shape index (κ1) is 17.5. The predicted molar refractivity (Wildman–Crippen MR) is 111 cm³/mol.